The van der Waals surface area contributed by atoms with Crippen LogP contribution in [0.25, 0.3) is 66.1 Å². The molecule has 9 aromatic carbocycles. The van der Waals surface area contributed by atoms with E-state index in [1.807, 2.05) is 0 Å². The summed E-state index contributed by atoms with van der Waals surface area (Å²) in [6.45, 7) is 0. The summed E-state index contributed by atoms with van der Waals surface area (Å²) in [6.07, 6.45) is 0. The van der Waals surface area contributed by atoms with Gasteiger partial charge >= 0.3 is 0 Å². The topological polar surface area (TPSA) is 3.24 Å². The van der Waals surface area contributed by atoms with Gasteiger partial charge in [-0.1, -0.05) is 164 Å². The molecule has 1 nitrogen and oxygen atoms in total. The second kappa shape index (κ2) is 13.3. The second-order valence-electron chi connectivity index (χ2n) is 13.0. The second-order valence-corrected chi connectivity index (χ2v) is 13.0. The van der Waals surface area contributed by atoms with Crippen LogP contribution in [-0.4, -0.2) is 0 Å². The van der Waals surface area contributed by atoms with Crippen LogP contribution < -0.4 is 4.90 Å². The number of fused-ring (bicyclic) bond motifs is 3. The quantitative estimate of drug-likeness (QED) is 0.155. The van der Waals surface area contributed by atoms with Gasteiger partial charge < -0.3 is 4.90 Å². The maximum absolute atomic E-state index is 2.42. The molecule has 0 aliphatic heterocycles. The normalized spacial score (nSPS) is 11.1. The Bertz CT molecular complexity index is 2550. The van der Waals surface area contributed by atoms with Crippen LogP contribution >= 0.6 is 0 Å². The molecule has 0 saturated carbocycles. The van der Waals surface area contributed by atoms with E-state index in [4.69, 9.17) is 0 Å². The van der Waals surface area contributed by atoms with Gasteiger partial charge in [-0.2, -0.15) is 0 Å². The molecule has 0 heterocycles. The predicted molar refractivity (Wildman–Crippen MR) is 218 cm³/mol. The summed E-state index contributed by atoms with van der Waals surface area (Å²) in [7, 11) is 0. The molecule has 0 spiro atoms. The smallest absolute Gasteiger partial charge is 0.0546 e. The Morgan fingerprint density at radius 2 is 0.686 bits per heavy atom. The average Bonchev–Trinajstić information content (AvgIpc) is 3.22. The highest BCUT2D eigenvalue weighted by atomic mass is 15.1. The van der Waals surface area contributed by atoms with Crippen LogP contribution in [0, 0.1) is 0 Å². The summed E-state index contributed by atoms with van der Waals surface area (Å²) in [5.41, 5.74) is 12.9. The van der Waals surface area contributed by atoms with Gasteiger partial charge in [-0.3, -0.25) is 0 Å². The molecule has 0 amide bonds. The van der Waals surface area contributed by atoms with Crippen molar-refractivity contribution in [3.05, 3.63) is 212 Å². The van der Waals surface area contributed by atoms with Crippen LogP contribution in [-0.2, 0) is 0 Å². The molecule has 51 heavy (non-hydrogen) atoms. The molecule has 0 aromatic heterocycles. The van der Waals surface area contributed by atoms with E-state index in [1.54, 1.807) is 0 Å². The molecule has 1 heteroatoms. The van der Waals surface area contributed by atoms with Crippen molar-refractivity contribution in [1.82, 2.24) is 0 Å². The highest BCUT2D eigenvalue weighted by Crippen LogP contribution is 2.43. The summed E-state index contributed by atoms with van der Waals surface area (Å²) < 4.78 is 0. The molecule has 0 atom stereocenters. The van der Waals surface area contributed by atoms with Gasteiger partial charge in [0.25, 0.3) is 0 Å². The molecule has 0 fully saturated rings. The third kappa shape index (κ3) is 5.96. The van der Waals surface area contributed by atoms with Crippen molar-refractivity contribution in [2.75, 3.05) is 4.90 Å². The van der Waals surface area contributed by atoms with Crippen molar-refractivity contribution in [2.45, 2.75) is 0 Å². The first-order valence-corrected chi connectivity index (χ1v) is 17.5. The Balaban J connectivity index is 1.24. The molecule has 0 aliphatic rings. The van der Waals surface area contributed by atoms with Crippen molar-refractivity contribution in [2.24, 2.45) is 0 Å². The minimum absolute atomic E-state index is 1.10. The van der Waals surface area contributed by atoms with Crippen LogP contribution in [0.1, 0.15) is 0 Å². The van der Waals surface area contributed by atoms with Crippen molar-refractivity contribution < 1.29 is 0 Å². The largest absolute Gasteiger partial charge is 0.310 e. The molecule has 0 saturated heterocycles. The van der Waals surface area contributed by atoms with Crippen LogP contribution in [0.2, 0.25) is 0 Å². The van der Waals surface area contributed by atoms with Crippen molar-refractivity contribution in [1.29, 1.82) is 0 Å². The zero-order chi connectivity index (χ0) is 34.0. The fraction of sp³-hybridized carbons (Fsp3) is 0. The van der Waals surface area contributed by atoms with Gasteiger partial charge in [0.05, 0.1) is 5.69 Å². The van der Waals surface area contributed by atoms with E-state index in [-0.39, 0.29) is 0 Å². The highest BCUT2D eigenvalue weighted by molar-refractivity contribution is 6.14. The monoisotopic (exact) mass is 649 g/mol. The lowest BCUT2D eigenvalue weighted by atomic mass is 9.93. The van der Waals surface area contributed by atoms with Gasteiger partial charge in [-0.25, -0.2) is 0 Å². The highest BCUT2D eigenvalue weighted by Gasteiger charge is 2.18. The zero-order valence-electron chi connectivity index (χ0n) is 28.2. The number of anilines is 3. The lowest BCUT2D eigenvalue weighted by molar-refractivity contribution is 1.30. The molecule has 0 aliphatic carbocycles. The van der Waals surface area contributed by atoms with Gasteiger partial charge in [-0.15, -0.1) is 0 Å². The minimum atomic E-state index is 1.10. The summed E-state index contributed by atoms with van der Waals surface area (Å²) in [5.74, 6) is 0. The fourth-order valence-corrected chi connectivity index (χ4v) is 7.29. The van der Waals surface area contributed by atoms with E-state index in [2.05, 4.69) is 217 Å². The number of hydrogen-bond donors (Lipinski definition) is 0. The summed E-state index contributed by atoms with van der Waals surface area (Å²) in [5, 5.41) is 4.94. The molecule has 240 valence electrons. The molecule has 0 N–H and O–H groups in total. The van der Waals surface area contributed by atoms with Gasteiger partial charge in [0.15, 0.2) is 0 Å². The van der Waals surface area contributed by atoms with E-state index in [0.717, 1.165) is 17.1 Å². The molecule has 9 rings (SSSR count). The standard InChI is InChI=1S/C50H35N/c1-4-15-36(16-5-1)39-27-29-45(30-28-39)51(50-35-41-21-10-11-24-47(41)48-25-12-13-26-49(48)50)46-23-14-22-40(34-46)44-32-42(37-17-6-2-7-18-37)31-43(33-44)38-19-8-3-9-20-38/h1-35H. The van der Waals surface area contributed by atoms with Crippen molar-refractivity contribution in [3.8, 4) is 44.5 Å². The van der Waals surface area contributed by atoms with Gasteiger partial charge in [0.1, 0.15) is 0 Å². The third-order valence-corrected chi connectivity index (χ3v) is 9.80. The van der Waals surface area contributed by atoms with E-state index >= 15 is 0 Å². The van der Waals surface area contributed by atoms with Crippen LogP contribution in [0.3, 0.4) is 0 Å². The Morgan fingerprint density at radius 3 is 1.29 bits per heavy atom. The molecular formula is C50H35N. The number of nitrogens with zero attached hydrogens (tertiary/aromatic N) is 1. The predicted octanol–water partition coefficient (Wildman–Crippen LogP) is 14.1. The Morgan fingerprint density at radius 1 is 0.235 bits per heavy atom. The lowest BCUT2D eigenvalue weighted by Gasteiger charge is -2.28. The first-order valence-electron chi connectivity index (χ1n) is 17.5. The molecule has 0 radical (unpaired) electrons. The molecule has 0 unspecified atom stereocenters. The zero-order valence-corrected chi connectivity index (χ0v) is 28.2. The fourth-order valence-electron chi connectivity index (χ4n) is 7.29. The Hall–Kier alpha value is -6.70. The molecule has 9 aromatic rings. The minimum Gasteiger partial charge on any atom is -0.310 e. The van der Waals surface area contributed by atoms with Crippen LogP contribution in [0.4, 0.5) is 17.1 Å². The van der Waals surface area contributed by atoms with E-state index < -0.39 is 0 Å². The van der Waals surface area contributed by atoms with E-state index in [1.165, 1.54) is 66.1 Å². The number of hydrogen-bond acceptors (Lipinski definition) is 1. The third-order valence-electron chi connectivity index (χ3n) is 9.80. The van der Waals surface area contributed by atoms with Gasteiger partial charge in [0, 0.05) is 16.8 Å². The van der Waals surface area contributed by atoms with Gasteiger partial charge in [-0.05, 0) is 109 Å². The first-order chi connectivity index (χ1) is 25.3. The Labute approximate surface area is 299 Å². The first kappa shape index (κ1) is 30.4. The average molecular weight is 650 g/mol. The van der Waals surface area contributed by atoms with E-state index in [9.17, 15) is 0 Å². The maximum Gasteiger partial charge on any atom is 0.0546 e. The van der Waals surface area contributed by atoms with Gasteiger partial charge in [0.2, 0.25) is 0 Å². The maximum atomic E-state index is 2.42. The molecular weight excluding hydrogens is 615 g/mol. The lowest BCUT2D eigenvalue weighted by Crippen LogP contribution is -2.10. The number of rotatable bonds is 7. The summed E-state index contributed by atoms with van der Waals surface area (Å²) in [6, 6.07) is 76.7. The summed E-state index contributed by atoms with van der Waals surface area (Å²) >= 11 is 0. The van der Waals surface area contributed by atoms with E-state index in [0.29, 0.717) is 0 Å². The SMILES string of the molecule is c1ccc(-c2ccc(N(c3cccc(-c4cc(-c5ccccc5)cc(-c5ccccc5)c4)c3)c3cc4ccccc4c4ccccc34)cc2)cc1. The van der Waals surface area contributed by atoms with Crippen LogP contribution in [0.15, 0.2) is 212 Å². The Kier molecular flexibility index (Phi) is 7.92. The number of benzene rings is 9. The van der Waals surface area contributed by atoms with Crippen LogP contribution in [0.5, 0.6) is 0 Å². The van der Waals surface area contributed by atoms with Crippen molar-refractivity contribution >= 4 is 38.6 Å². The molecule has 0 bridgehead atoms. The van der Waals surface area contributed by atoms with Crippen molar-refractivity contribution in [3.63, 3.8) is 0 Å². The summed E-state index contributed by atoms with van der Waals surface area (Å²) in [4.78, 5) is 2.42.